The average Bonchev–Trinajstić information content (AvgIpc) is 2.95. The summed E-state index contributed by atoms with van der Waals surface area (Å²) in [4.78, 5) is 14.1. The van der Waals surface area contributed by atoms with Gasteiger partial charge in [0.1, 0.15) is 11.6 Å². The molecular formula is C19H17FN2O4S2. The molecule has 2 aromatic rings. The zero-order valence-corrected chi connectivity index (χ0v) is 16.8. The largest absolute Gasteiger partial charge is 0.497 e. The van der Waals surface area contributed by atoms with Crippen LogP contribution in [0.3, 0.4) is 0 Å². The number of ether oxygens (including phenoxy) is 1. The van der Waals surface area contributed by atoms with E-state index in [0.29, 0.717) is 10.7 Å². The zero-order chi connectivity index (χ0) is 20.3. The Morgan fingerprint density at radius 3 is 2.57 bits per heavy atom. The topological polar surface area (TPSA) is 76.0 Å². The van der Waals surface area contributed by atoms with Gasteiger partial charge >= 0.3 is 0 Å². The van der Waals surface area contributed by atoms with Crippen molar-refractivity contribution in [3.8, 4) is 5.75 Å². The van der Waals surface area contributed by atoms with Crippen LogP contribution in [0.25, 0.3) is 6.08 Å². The van der Waals surface area contributed by atoms with Crippen molar-refractivity contribution in [2.45, 2.75) is 11.8 Å². The van der Waals surface area contributed by atoms with E-state index in [1.54, 1.807) is 38.3 Å². The smallest absolute Gasteiger partial charge is 0.284 e. The van der Waals surface area contributed by atoms with Crippen molar-refractivity contribution in [2.24, 2.45) is 4.40 Å². The van der Waals surface area contributed by atoms with Gasteiger partial charge in [0, 0.05) is 6.54 Å². The van der Waals surface area contributed by atoms with Gasteiger partial charge in [0.05, 0.1) is 16.9 Å². The fourth-order valence-corrected chi connectivity index (χ4v) is 4.74. The zero-order valence-electron chi connectivity index (χ0n) is 15.1. The number of nitrogens with zero attached hydrogens (tertiary/aromatic N) is 2. The second-order valence-electron chi connectivity index (χ2n) is 5.74. The number of carbonyl (C=O) groups is 1. The number of hydrogen-bond acceptors (Lipinski definition) is 5. The number of carbonyl (C=O) groups excluding carboxylic acids is 1. The molecule has 3 rings (SSSR count). The van der Waals surface area contributed by atoms with Gasteiger partial charge in [0.15, 0.2) is 5.17 Å². The lowest BCUT2D eigenvalue weighted by molar-refractivity contribution is -0.122. The molecule has 0 saturated carbocycles. The Bertz CT molecular complexity index is 1060. The van der Waals surface area contributed by atoms with Crippen molar-refractivity contribution in [2.75, 3.05) is 13.7 Å². The summed E-state index contributed by atoms with van der Waals surface area (Å²) in [5.74, 6) is -0.232. The molecular weight excluding hydrogens is 403 g/mol. The van der Waals surface area contributed by atoms with Crippen LogP contribution in [-0.4, -0.2) is 38.0 Å². The summed E-state index contributed by atoms with van der Waals surface area (Å²) in [6.07, 6.45) is 1.66. The van der Waals surface area contributed by atoms with Crippen molar-refractivity contribution in [3.63, 3.8) is 0 Å². The summed E-state index contributed by atoms with van der Waals surface area (Å²) < 4.78 is 47.1. The minimum absolute atomic E-state index is 0.0611. The maximum absolute atomic E-state index is 13.1. The van der Waals surface area contributed by atoms with E-state index in [2.05, 4.69) is 4.40 Å². The lowest BCUT2D eigenvalue weighted by Crippen LogP contribution is -2.29. The van der Waals surface area contributed by atoms with E-state index in [9.17, 15) is 17.6 Å². The first-order valence-corrected chi connectivity index (χ1v) is 10.6. The number of amidine groups is 1. The normalized spacial score (nSPS) is 17.5. The highest BCUT2D eigenvalue weighted by Crippen LogP contribution is 2.34. The number of thioether (sulfide) groups is 1. The molecule has 1 aliphatic rings. The number of rotatable bonds is 5. The fraction of sp³-hybridized carbons (Fsp3) is 0.158. The standard InChI is InChI=1S/C19H17FN2O4S2/c1-3-22-18(23)17(12-13-5-4-6-15(11-13)26-2)27-19(22)21-28(24,25)16-9-7-14(20)8-10-16/h4-12H,3H2,1-2H3. The summed E-state index contributed by atoms with van der Waals surface area (Å²) in [7, 11) is -2.53. The first kappa shape index (κ1) is 20.1. The minimum Gasteiger partial charge on any atom is -0.497 e. The Balaban J connectivity index is 1.96. The highest BCUT2D eigenvalue weighted by Gasteiger charge is 2.34. The molecule has 0 unspecified atom stereocenters. The average molecular weight is 420 g/mol. The van der Waals surface area contributed by atoms with Gasteiger partial charge in [-0.25, -0.2) is 4.39 Å². The quantitative estimate of drug-likeness (QED) is 0.692. The highest BCUT2D eigenvalue weighted by molar-refractivity contribution is 8.19. The maximum Gasteiger partial charge on any atom is 0.284 e. The molecule has 0 aromatic heterocycles. The molecule has 2 aromatic carbocycles. The summed E-state index contributed by atoms with van der Waals surface area (Å²) in [6.45, 7) is 1.99. The van der Waals surface area contributed by atoms with Crippen LogP contribution in [0.1, 0.15) is 12.5 Å². The van der Waals surface area contributed by atoms with E-state index >= 15 is 0 Å². The Morgan fingerprint density at radius 1 is 1.21 bits per heavy atom. The predicted molar refractivity (Wildman–Crippen MR) is 107 cm³/mol. The molecule has 0 bridgehead atoms. The molecule has 1 fully saturated rings. The third kappa shape index (κ3) is 4.26. The molecule has 28 heavy (non-hydrogen) atoms. The second-order valence-corrected chi connectivity index (χ2v) is 8.35. The molecule has 9 heteroatoms. The SMILES string of the molecule is CCN1C(=O)C(=Cc2cccc(OC)c2)SC1=NS(=O)(=O)c1ccc(F)cc1. The Morgan fingerprint density at radius 2 is 1.93 bits per heavy atom. The molecule has 1 heterocycles. The number of sulfonamides is 1. The number of benzene rings is 2. The van der Waals surface area contributed by atoms with E-state index in [1.165, 1.54) is 4.90 Å². The van der Waals surface area contributed by atoms with Crippen molar-refractivity contribution >= 4 is 38.9 Å². The second kappa shape index (κ2) is 8.15. The molecule has 0 radical (unpaired) electrons. The van der Waals surface area contributed by atoms with Crippen LogP contribution >= 0.6 is 11.8 Å². The van der Waals surface area contributed by atoms with E-state index < -0.39 is 15.8 Å². The lowest BCUT2D eigenvalue weighted by atomic mass is 10.2. The van der Waals surface area contributed by atoms with Crippen molar-refractivity contribution in [1.82, 2.24) is 4.90 Å². The van der Waals surface area contributed by atoms with Crippen LogP contribution in [0, 0.1) is 5.82 Å². The molecule has 1 saturated heterocycles. The number of amides is 1. The first-order valence-electron chi connectivity index (χ1n) is 8.30. The van der Waals surface area contributed by atoms with Gasteiger partial charge in [0.25, 0.3) is 15.9 Å². The van der Waals surface area contributed by atoms with E-state index in [0.717, 1.165) is 41.6 Å². The van der Waals surface area contributed by atoms with Gasteiger partial charge in [0.2, 0.25) is 0 Å². The highest BCUT2D eigenvalue weighted by atomic mass is 32.2. The minimum atomic E-state index is -4.07. The van der Waals surface area contributed by atoms with Gasteiger partial charge < -0.3 is 4.74 Å². The van der Waals surface area contributed by atoms with Crippen molar-refractivity contribution in [3.05, 3.63) is 64.8 Å². The molecule has 6 nitrogen and oxygen atoms in total. The van der Waals surface area contributed by atoms with Crippen LogP contribution in [-0.2, 0) is 14.8 Å². The molecule has 0 atom stereocenters. The van der Waals surface area contributed by atoms with E-state index in [4.69, 9.17) is 4.74 Å². The van der Waals surface area contributed by atoms with Crippen molar-refractivity contribution in [1.29, 1.82) is 0 Å². The van der Waals surface area contributed by atoms with Crippen molar-refractivity contribution < 1.29 is 22.3 Å². The number of likely N-dealkylation sites (N-methyl/N-ethyl adjacent to an activating group) is 1. The molecule has 0 spiro atoms. The van der Waals surface area contributed by atoms with Crippen LogP contribution < -0.4 is 4.74 Å². The monoisotopic (exact) mass is 420 g/mol. The van der Waals surface area contributed by atoms with Gasteiger partial charge in [-0.05, 0) is 66.7 Å². The van der Waals surface area contributed by atoms with Gasteiger partial charge in [-0.2, -0.15) is 8.42 Å². The summed E-state index contributed by atoms with van der Waals surface area (Å²) in [6, 6.07) is 11.5. The third-order valence-corrected chi connectivity index (χ3v) is 6.31. The van der Waals surface area contributed by atoms with Crippen LogP contribution in [0.2, 0.25) is 0 Å². The molecule has 0 aliphatic carbocycles. The Hall–Kier alpha value is -2.65. The van der Waals surface area contributed by atoms with Gasteiger partial charge in [-0.15, -0.1) is 4.40 Å². The summed E-state index contributed by atoms with van der Waals surface area (Å²) in [5, 5.41) is 0.0611. The first-order chi connectivity index (χ1) is 13.3. The summed E-state index contributed by atoms with van der Waals surface area (Å²) >= 11 is 0.978. The number of methoxy groups -OCH3 is 1. The number of halogens is 1. The maximum atomic E-state index is 13.1. The predicted octanol–water partition coefficient (Wildman–Crippen LogP) is 3.52. The molecule has 1 amide bonds. The van der Waals surface area contributed by atoms with Crippen LogP contribution in [0.4, 0.5) is 4.39 Å². The van der Waals surface area contributed by atoms with E-state index in [1.807, 2.05) is 6.07 Å². The van der Waals surface area contributed by atoms with Gasteiger partial charge in [-0.3, -0.25) is 9.69 Å². The third-order valence-electron chi connectivity index (χ3n) is 3.91. The fourth-order valence-electron chi connectivity index (χ4n) is 2.50. The Labute approximate surface area is 166 Å². The lowest BCUT2D eigenvalue weighted by Gasteiger charge is -2.11. The van der Waals surface area contributed by atoms with Gasteiger partial charge in [-0.1, -0.05) is 12.1 Å². The van der Waals surface area contributed by atoms with Crippen LogP contribution in [0.5, 0.6) is 5.75 Å². The summed E-state index contributed by atoms with van der Waals surface area (Å²) in [5.41, 5.74) is 0.744. The number of hydrogen-bond donors (Lipinski definition) is 0. The molecule has 146 valence electrons. The molecule has 1 aliphatic heterocycles. The van der Waals surface area contributed by atoms with E-state index in [-0.39, 0.29) is 22.5 Å². The molecule has 0 N–H and O–H groups in total. The van der Waals surface area contributed by atoms with Crippen LogP contribution in [0.15, 0.2) is 62.7 Å². The Kier molecular flexibility index (Phi) is 5.85.